The summed E-state index contributed by atoms with van der Waals surface area (Å²) in [4.78, 5) is 29.6. The van der Waals surface area contributed by atoms with Crippen molar-refractivity contribution in [1.29, 1.82) is 0 Å². The number of carbonyl (C=O) groups is 2. The van der Waals surface area contributed by atoms with Crippen LogP contribution in [0.2, 0.25) is 10.0 Å². The van der Waals surface area contributed by atoms with Gasteiger partial charge in [-0.1, -0.05) is 29.3 Å². The lowest BCUT2D eigenvalue weighted by molar-refractivity contribution is -0.133. The monoisotopic (exact) mass is 506 g/mol. The Balaban J connectivity index is 1.76. The third kappa shape index (κ3) is 7.03. The maximum atomic E-state index is 13.4. The van der Waals surface area contributed by atoms with Crippen LogP contribution in [-0.4, -0.2) is 53.1 Å². The summed E-state index contributed by atoms with van der Waals surface area (Å²) in [5.74, 6) is 0.436. The van der Waals surface area contributed by atoms with E-state index in [0.29, 0.717) is 42.6 Å². The standard InChI is InChI=1S/C24H28Cl2N4O4/c1-28-11-4-7-18(28)15-30(16-19-8-5-14-34-19)22(31)17-29(12-6-13-33-2)24(32)27-21-10-3-9-20(25)23(21)26/h3-5,7-11,14H,6,12-13,15-17H2,1-2H3,(H,27,32). The summed E-state index contributed by atoms with van der Waals surface area (Å²) in [5.41, 5.74) is 1.33. The summed E-state index contributed by atoms with van der Waals surface area (Å²) in [5, 5.41) is 3.33. The molecular formula is C24H28Cl2N4O4. The van der Waals surface area contributed by atoms with Gasteiger partial charge in [0.25, 0.3) is 0 Å². The van der Waals surface area contributed by atoms with Gasteiger partial charge in [-0.15, -0.1) is 0 Å². The number of aromatic nitrogens is 1. The lowest BCUT2D eigenvalue weighted by Crippen LogP contribution is -2.44. The summed E-state index contributed by atoms with van der Waals surface area (Å²) in [6, 6.07) is 12.0. The average Bonchev–Trinajstić information content (AvgIpc) is 3.47. The maximum absolute atomic E-state index is 13.4. The number of rotatable bonds is 11. The van der Waals surface area contributed by atoms with Gasteiger partial charge in [0.1, 0.15) is 12.3 Å². The van der Waals surface area contributed by atoms with Crippen LogP contribution in [0.3, 0.4) is 0 Å². The first kappa shape index (κ1) is 25.7. The van der Waals surface area contributed by atoms with E-state index >= 15 is 0 Å². The average molecular weight is 507 g/mol. The highest BCUT2D eigenvalue weighted by Gasteiger charge is 2.23. The molecular weight excluding hydrogens is 479 g/mol. The van der Waals surface area contributed by atoms with Gasteiger partial charge in [-0.25, -0.2) is 4.79 Å². The quantitative estimate of drug-likeness (QED) is 0.370. The number of furan rings is 1. The van der Waals surface area contributed by atoms with Gasteiger partial charge >= 0.3 is 6.03 Å². The number of aryl methyl sites for hydroxylation is 1. The van der Waals surface area contributed by atoms with E-state index in [1.807, 2.05) is 36.0 Å². The molecule has 1 N–H and O–H groups in total. The van der Waals surface area contributed by atoms with Crippen molar-refractivity contribution < 1.29 is 18.7 Å². The van der Waals surface area contributed by atoms with Crippen LogP contribution in [0.15, 0.2) is 59.3 Å². The van der Waals surface area contributed by atoms with Gasteiger partial charge in [-0.05, 0) is 42.8 Å². The zero-order valence-corrected chi connectivity index (χ0v) is 20.7. The van der Waals surface area contributed by atoms with Crippen LogP contribution in [0, 0.1) is 0 Å². The van der Waals surface area contributed by atoms with Crippen molar-refractivity contribution in [1.82, 2.24) is 14.4 Å². The molecule has 0 atom stereocenters. The van der Waals surface area contributed by atoms with Crippen LogP contribution in [0.25, 0.3) is 0 Å². The summed E-state index contributed by atoms with van der Waals surface area (Å²) >= 11 is 12.3. The Morgan fingerprint density at radius 1 is 1.09 bits per heavy atom. The van der Waals surface area contributed by atoms with Gasteiger partial charge < -0.3 is 28.8 Å². The highest BCUT2D eigenvalue weighted by Crippen LogP contribution is 2.29. The molecule has 0 aliphatic carbocycles. The summed E-state index contributed by atoms with van der Waals surface area (Å²) in [7, 11) is 3.51. The fourth-order valence-electron chi connectivity index (χ4n) is 3.39. The van der Waals surface area contributed by atoms with Gasteiger partial charge in [0.2, 0.25) is 5.91 Å². The van der Waals surface area contributed by atoms with Crippen molar-refractivity contribution in [3.05, 3.63) is 76.4 Å². The predicted octanol–water partition coefficient (Wildman–Crippen LogP) is 5.02. The fourth-order valence-corrected chi connectivity index (χ4v) is 3.74. The molecule has 3 aromatic rings. The SMILES string of the molecule is COCCCN(CC(=O)N(Cc1ccco1)Cc1cccn1C)C(=O)Nc1cccc(Cl)c1Cl. The summed E-state index contributed by atoms with van der Waals surface area (Å²) < 4.78 is 12.5. The molecule has 2 heterocycles. The molecule has 1 aromatic carbocycles. The second-order valence-electron chi connectivity index (χ2n) is 7.74. The molecule has 0 bridgehead atoms. The van der Waals surface area contributed by atoms with E-state index in [4.69, 9.17) is 32.4 Å². The molecule has 0 unspecified atom stereocenters. The van der Waals surface area contributed by atoms with Gasteiger partial charge in [0, 0.05) is 39.2 Å². The van der Waals surface area contributed by atoms with E-state index in [-0.39, 0.29) is 24.0 Å². The smallest absolute Gasteiger partial charge is 0.322 e. The number of benzene rings is 1. The Kier molecular flexibility index (Phi) is 9.44. The van der Waals surface area contributed by atoms with Crippen molar-refractivity contribution in [2.75, 3.05) is 32.1 Å². The zero-order valence-electron chi connectivity index (χ0n) is 19.2. The zero-order chi connectivity index (χ0) is 24.5. The van der Waals surface area contributed by atoms with E-state index in [0.717, 1.165) is 5.69 Å². The van der Waals surface area contributed by atoms with Crippen molar-refractivity contribution in [2.24, 2.45) is 7.05 Å². The second-order valence-corrected chi connectivity index (χ2v) is 8.52. The maximum Gasteiger partial charge on any atom is 0.322 e. The molecule has 0 saturated carbocycles. The number of urea groups is 1. The van der Waals surface area contributed by atoms with E-state index in [1.165, 1.54) is 4.90 Å². The highest BCUT2D eigenvalue weighted by molar-refractivity contribution is 6.43. The number of nitrogens with zero attached hydrogens (tertiary/aromatic N) is 3. The van der Waals surface area contributed by atoms with Crippen LogP contribution < -0.4 is 5.32 Å². The van der Waals surface area contributed by atoms with Crippen molar-refractivity contribution >= 4 is 40.8 Å². The van der Waals surface area contributed by atoms with Crippen LogP contribution in [-0.2, 0) is 29.7 Å². The van der Waals surface area contributed by atoms with Crippen molar-refractivity contribution in [3.63, 3.8) is 0 Å². The Labute approximate surface area is 209 Å². The number of amides is 3. The Hall–Kier alpha value is -2.94. The van der Waals surface area contributed by atoms with Crippen LogP contribution in [0.5, 0.6) is 0 Å². The molecule has 8 nitrogen and oxygen atoms in total. The number of nitrogens with one attached hydrogen (secondary N) is 1. The first-order valence-corrected chi connectivity index (χ1v) is 11.5. The first-order chi connectivity index (χ1) is 16.4. The fraction of sp³-hybridized carbons (Fsp3) is 0.333. The molecule has 0 aliphatic heterocycles. The van der Waals surface area contributed by atoms with E-state index in [9.17, 15) is 9.59 Å². The minimum Gasteiger partial charge on any atom is -0.467 e. The largest absolute Gasteiger partial charge is 0.467 e. The molecule has 0 spiro atoms. The van der Waals surface area contributed by atoms with Gasteiger partial charge in [-0.2, -0.15) is 0 Å². The molecule has 0 radical (unpaired) electrons. The number of carbonyl (C=O) groups excluding carboxylic acids is 2. The first-order valence-electron chi connectivity index (χ1n) is 10.8. The predicted molar refractivity (Wildman–Crippen MR) is 132 cm³/mol. The second kappa shape index (κ2) is 12.5. The van der Waals surface area contributed by atoms with Gasteiger partial charge in [0.15, 0.2) is 0 Å². The van der Waals surface area contributed by atoms with Gasteiger partial charge in [-0.3, -0.25) is 4.79 Å². The van der Waals surface area contributed by atoms with Gasteiger partial charge in [0.05, 0.1) is 35.1 Å². The topological polar surface area (TPSA) is 80.0 Å². The van der Waals surface area contributed by atoms with E-state index < -0.39 is 6.03 Å². The van der Waals surface area contributed by atoms with Crippen LogP contribution in [0.4, 0.5) is 10.5 Å². The van der Waals surface area contributed by atoms with Crippen molar-refractivity contribution in [3.8, 4) is 0 Å². The Bertz CT molecular complexity index is 1080. The third-order valence-electron chi connectivity index (χ3n) is 5.27. The number of hydrogen-bond acceptors (Lipinski definition) is 4. The molecule has 2 aromatic heterocycles. The van der Waals surface area contributed by atoms with Crippen molar-refractivity contribution in [2.45, 2.75) is 19.5 Å². The molecule has 3 rings (SSSR count). The number of ether oxygens (including phenoxy) is 1. The highest BCUT2D eigenvalue weighted by atomic mass is 35.5. The van der Waals surface area contributed by atoms with E-state index in [2.05, 4.69) is 5.32 Å². The molecule has 3 amide bonds. The lowest BCUT2D eigenvalue weighted by Gasteiger charge is -2.28. The van der Waals surface area contributed by atoms with Crippen LogP contribution in [0.1, 0.15) is 17.9 Å². The normalized spacial score (nSPS) is 10.8. The number of halogens is 2. The molecule has 0 fully saturated rings. The number of anilines is 1. The number of methoxy groups -OCH3 is 1. The van der Waals surface area contributed by atoms with E-state index in [1.54, 1.807) is 42.5 Å². The minimum atomic E-state index is -0.453. The molecule has 34 heavy (non-hydrogen) atoms. The lowest BCUT2D eigenvalue weighted by atomic mass is 10.3. The Morgan fingerprint density at radius 2 is 1.91 bits per heavy atom. The molecule has 10 heteroatoms. The minimum absolute atomic E-state index is 0.126. The Morgan fingerprint density at radius 3 is 2.59 bits per heavy atom. The summed E-state index contributed by atoms with van der Waals surface area (Å²) in [6.45, 7) is 1.30. The van der Waals surface area contributed by atoms with Crippen LogP contribution >= 0.6 is 23.2 Å². The molecule has 182 valence electrons. The number of hydrogen-bond donors (Lipinski definition) is 1. The molecule has 0 saturated heterocycles. The summed E-state index contributed by atoms with van der Waals surface area (Å²) in [6.07, 6.45) is 4.06. The molecule has 0 aliphatic rings. The third-order valence-corrected chi connectivity index (χ3v) is 6.09.